The minimum Gasteiger partial charge on any atom is -0.431 e. The summed E-state index contributed by atoms with van der Waals surface area (Å²) in [4.78, 5) is 9.57. The Morgan fingerprint density at radius 2 is 0.968 bits per heavy atom. The summed E-state index contributed by atoms with van der Waals surface area (Å²) in [6.07, 6.45) is -15.7. The van der Waals surface area contributed by atoms with Crippen molar-refractivity contribution in [2.45, 2.75) is 73.5 Å². The van der Waals surface area contributed by atoms with Gasteiger partial charge in [-0.05, 0) is 67.3 Å². The topological polar surface area (TPSA) is 90.1 Å². The van der Waals surface area contributed by atoms with Crippen LogP contribution in [-0.4, -0.2) is 82.2 Å². The molecule has 4 aliphatic heterocycles. The fourth-order valence-electron chi connectivity index (χ4n) is 7.97. The molecule has 0 saturated heterocycles. The van der Waals surface area contributed by atoms with Crippen LogP contribution in [0.3, 0.4) is 0 Å². The summed E-state index contributed by atoms with van der Waals surface area (Å²) in [6.45, 7) is -8.28. The van der Waals surface area contributed by atoms with Crippen molar-refractivity contribution < 1.29 is 89.9 Å². The maximum Gasteiger partial charge on any atom is 0.417 e. The molecule has 62 heavy (non-hydrogen) atoms. The molecule has 8 nitrogen and oxygen atoms in total. The number of aliphatic imine (C=N–C) groups is 2. The van der Waals surface area contributed by atoms with E-state index in [4.69, 9.17) is 0 Å². The highest BCUT2D eigenvalue weighted by Gasteiger charge is 2.61. The van der Waals surface area contributed by atoms with Gasteiger partial charge in [-0.1, -0.05) is 12.1 Å². The quantitative estimate of drug-likeness (QED) is 0.297. The largest absolute Gasteiger partial charge is 0.431 e. The number of rotatable bonds is 4. The highest BCUT2D eigenvalue weighted by atomic mass is 79.9. The molecule has 4 heterocycles. The molecule has 0 aromatic heterocycles. The Kier molecular flexibility index (Phi) is 11.2. The molecule has 0 bridgehead atoms. The van der Waals surface area contributed by atoms with Crippen LogP contribution in [-0.2, 0) is 20.6 Å². The van der Waals surface area contributed by atoms with Crippen molar-refractivity contribution in [3.8, 4) is 0 Å². The van der Waals surface area contributed by atoms with Crippen LogP contribution in [0.25, 0.3) is 0 Å². The Morgan fingerprint density at radius 1 is 0.629 bits per heavy atom. The molecule has 2 aromatic rings. The normalized spacial score (nSPS) is 27.0. The molecule has 2 aromatic carbocycles. The van der Waals surface area contributed by atoms with Crippen LogP contribution in [0, 0.1) is 11.6 Å². The highest BCUT2D eigenvalue weighted by Crippen LogP contribution is 2.57. The van der Waals surface area contributed by atoms with Gasteiger partial charge in [-0.15, -0.1) is 0 Å². The number of aliphatic hydroxyl groups excluding tert-OH is 2. The second-order valence-electron chi connectivity index (χ2n) is 14.5. The third-order valence-electron chi connectivity index (χ3n) is 10.4. The summed E-state index contributed by atoms with van der Waals surface area (Å²) < 4.78 is 226. The van der Waals surface area contributed by atoms with Crippen molar-refractivity contribution >= 4 is 43.5 Å². The fraction of sp³-hybridized carbons (Fsp3) is 0.389. The molecule has 0 saturated carbocycles. The lowest BCUT2D eigenvalue weighted by atomic mass is 9.73. The van der Waals surface area contributed by atoms with E-state index in [0.717, 1.165) is 9.80 Å². The van der Waals surface area contributed by atoms with Crippen molar-refractivity contribution in [1.82, 2.24) is 9.80 Å². The maximum absolute atomic E-state index is 14.7. The van der Waals surface area contributed by atoms with E-state index in [2.05, 4.69) is 51.3 Å². The number of halogens is 18. The number of benzene rings is 2. The average molecular weight is 1040 g/mol. The van der Waals surface area contributed by atoms with E-state index < -0.39 is 144 Å². The Morgan fingerprint density at radius 3 is 1.27 bits per heavy atom. The first kappa shape index (κ1) is 45.7. The Bertz CT molecular complexity index is 2240. The zero-order chi connectivity index (χ0) is 45.9. The van der Waals surface area contributed by atoms with Gasteiger partial charge in [0.15, 0.2) is 23.2 Å². The molecule has 6 aliphatic rings. The smallest absolute Gasteiger partial charge is 0.417 e. The third kappa shape index (κ3) is 7.85. The monoisotopic (exact) mass is 1040 g/mol. The van der Waals surface area contributed by atoms with Crippen molar-refractivity contribution in [1.29, 1.82) is 0 Å². The Labute approximate surface area is 353 Å². The van der Waals surface area contributed by atoms with Crippen LogP contribution in [0.2, 0.25) is 0 Å². The molecule has 2 N–H and O–H groups in total. The highest BCUT2D eigenvalue weighted by molar-refractivity contribution is 9.10. The van der Waals surface area contributed by atoms with Crippen molar-refractivity contribution in [3.05, 3.63) is 114 Å². The minimum atomic E-state index is -4.94. The molecule has 2 aliphatic carbocycles. The standard InChI is InChI=1S/2C18H11BrF8N2O2/c2*19-9-2-1-8-11(12(9)20)13(30)17(23,24)5-16(8)6-29-4-7(18(25,26)27)3-10(14(29)28-16)31-15(21)22/h2*1-4,13,15,30H,5-6H2/t13-,16+;13-,16-/m01/s1. The molecule has 0 unspecified atom stereocenters. The molecular weight excluding hydrogens is 1020 g/mol. The van der Waals surface area contributed by atoms with E-state index in [1.165, 1.54) is 24.3 Å². The van der Waals surface area contributed by atoms with Gasteiger partial charge >= 0.3 is 25.6 Å². The van der Waals surface area contributed by atoms with Crippen LogP contribution in [0.15, 0.2) is 90.4 Å². The van der Waals surface area contributed by atoms with Gasteiger partial charge in [0.1, 0.15) is 34.9 Å². The minimum absolute atomic E-state index is 0.188. The van der Waals surface area contributed by atoms with E-state index in [-0.39, 0.29) is 20.1 Å². The predicted molar refractivity (Wildman–Crippen MR) is 188 cm³/mol. The molecule has 8 rings (SSSR count). The van der Waals surface area contributed by atoms with Gasteiger partial charge in [-0.2, -0.15) is 43.9 Å². The lowest BCUT2D eigenvalue weighted by molar-refractivity contribution is -0.138. The van der Waals surface area contributed by atoms with Crippen LogP contribution in [0.1, 0.15) is 47.3 Å². The Hall–Kier alpha value is -4.30. The number of ether oxygens (including phenoxy) is 2. The first-order valence-electron chi connectivity index (χ1n) is 17.2. The van der Waals surface area contributed by atoms with Gasteiger partial charge in [-0.25, -0.2) is 26.3 Å². The average Bonchev–Trinajstić information content (AvgIpc) is 3.69. The molecule has 26 heteroatoms. The first-order valence-corrected chi connectivity index (χ1v) is 18.8. The van der Waals surface area contributed by atoms with Gasteiger partial charge in [0, 0.05) is 36.4 Å². The van der Waals surface area contributed by atoms with Gasteiger partial charge < -0.3 is 29.5 Å². The second-order valence-corrected chi connectivity index (χ2v) is 16.2. The molecule has 0 amide bonds. The van der Waals surface area contributed by atoms with Crippen LogP contribution >= 0.6 is 31.9 Å². The van der Waals surface area contributed by atoms with Gasteiger partial charge in [0.2, 0.25) is 0 Å². The number of alkyl halides is 14. The lowest BCUT2D eigenvalue weighted by Gasteiger charge is -2.40. The number of amidine groups is 2. The summed E-state index contributed by atoms with van der Waals surface area (Å²) in [7, 11) is 0. The van der Waals surface area contributed by atoms with Gasteiger partial charge in [0.25, 0.3) is 11.8 Å². The predicted octanol–water partition coefficient (Wildman–Crippen LogP) is 10.3. The van der Waals surface area contributed by atoms with E-state index in [1.54, 1.807) is 0 Å². The maximum atomic E-state index is 14.7. The number of hydrogen-bond donors (Lipinski definition) is 2. The van der Waals surface area contributed by atoms with Gasteiger partial charge in [0.05, 0.1) is 33.2 Å². The molecule has 336 valence electrons. The number of allylic oxidation sites excluding steroid dienone is 4. The number of nitrogens with zero attached hydrogens (tertiary/aromatic N) is 4. The molecule has 0 fully saturated rings. The first-order chi connectivity index (χ1) is 28.5. The summed E-state index contributed by atoms with van der Waals surface area (Å²) >= 11 is 5.68. The summed E-state index contributed by atoms with van der Waals surface area (Å²) in [5, 5.41) is 20.1. The van der Waals surface area contributed by atoms with Crippen molar-refractivity contribution in [2.24, 2.45) is 9.98 Å². The molecule has 2 spiro atoms. The van der Waals surface area contributed by atoms with E-state index >= 15 is 0 Å². The zero-order valence-corrected chi connectivity index (χ0v) is 33.2. The van der Waals surface area contributed by atoms with Crippen LogP contribution in [0.4, 0.5) is 70.2 Å². The zero-order valence-electron chi connectivity index (χ0n) is 30.1. The number of fused-ring (bicyclic) bond motifs is 6. The van der Waals surface area contributed by atoms with Crippen molar-refractivity contribution in [3.63, 3.8) is 0 Å². The summed E-state index contributed by atoms with van der Waals surface area (Å²) in [6, 6.07) is 4.75. The van der Waals surface area contributed by atoms with E-state index in [0.29, 0.717) is 24.6 Å². The summed E-state index contributed by atoms with van der Waals surface area (Å²) in [5.41, 5.74) is -8.66. The molecular formula is C36H22Br2F16N4O4. The molecule has 4 atom stereocenters. The Balaban J connectivity index is 0.000000186. The molecule has 0 radical (unpaired) electrons. The number of hydrogen-bond acceptors (Lipinski definition) is 8. The van der Waals surface area contributed by atoms with Crippen LogP contribution in [0.5, 0.6) is 0 Å². The SMILES string of the molecule is O[C@@H]1c2c(ccc(Br)c2F)[C@]2(CN3C=C(C(F)(F)F)C=C(OC(F)F)C3=N2)CC1(F)F.O[C@H]1c2c(ccc(Br)c2F)[C@]2(CN3C=C(C(F)(F)F)C=C(OC(F)F)C3=N2)CC1(F)F. The van der Waals surface area contributed by atoms with Gasteiger partial charge in [-0.3, -0.25) is 9.98 Å². The lowest BCUT2D eigenvalue weighted by Crippen LogP contribution is -2.46. The fourth-order valence-corrected chi connectivity index (χ4v) is 8.66. The third-order valence-corrected chi connectivity index (χ3v) is 11.6. The second kappa shape index (κ2) is 15.2. The van der Waals surface area contributed by atoms with Crippen molar-refractivity contribution in [2.75, 3.05) is 13.1 Å². The van der Waals surface area contributed by atoms with E-state index in [9.17, 15) is 80.5 Å². The van der Waals surface area contributed by atoms with E-state index in [1.807, 2.05) is 0 Å². The number of aliphatic hydroxyl groups is 2. The summed E-state index contributed by atoms with van der Waals surface area (Å²) in [5.74, 6) is -13.2. The van der Waals surface area contributed by atoms with Crippen LogP contribution < -0.4 is 0 Å².